The highest BCUT2D eigenvalue weighted by atomic mass is 16.6. The molecular formula is C34H37N5O6. The summed E-state index contributed by atoms with van der Waals surface area (Å²) in [7, 11) is 0. The second-order valence-electron chi connectivity index (χ2n) is 12.2. The number of carbonyl (C=O) groups is 1. The third kappa shape index (κ3) is 6.12. The SMILES string of the molecule is CCCc1c(Cc2ccc(-c3ccccc3-c3noc(=O)[nH]3)cc2)c(=O)n(C2CCC(OC(=O)C(C)(C)O)CC2)c2ccnn12. The molecular weight excluding hydrogens is 574 g/mol. The lowest BCUT2D eigenvalue weighted by Gasteiger charge is -2.31. The summed E-state index contributed by atoms with van der Waals surface area (Å²) in [6.45, 7) is 4.93. The van der Waals surface area contributed by atoms with Crippen molar-refractivity contribution in [1.29, 1.82) is 0 Å². The summed E-state index contributed by atoms with van der Waals surface area (Å²) >= 11 is 0. The van der Waals surface area contributed by atoms with Crippen molar-refractivity contribution in [1.82, 2.24) is 24.3 Å². The van der Waals surface area contributed by atoms with Crippen molar-refractivity contribution >= 4 is 11.6 Å². The van der Waals surface area contributed by atoms with E-state index in [4.69, 9.17) is 9.26 Å². The van der Waals surface area contributed by atoms with Crippen LogP contribution in [0.4, 0.5) is 0 Å². The van der Waals surface area contributed by atoms with Gasteiger partial charge in [0.25, 0.3) is 5.56 Å². The number of hydrogen-bond donors (Lipinski definition) is 2. The van der Waals surface area contributed by atoms with Crippen molar-refractivity contribution < 1.29 is 19.2 Å². The quantitative estimate of drug-likeness (QED) is 0.225. The summed E-state index contributed by atoms with van der Waals surface area (Å²) < 4.78 is 14.1. The zero-order valence-corrected chi connectivity index (χ0v) is 25.7. The van der Waals surface area contributed by atoms with Crippen LogP contribution in [0.3, 0.4) is 0 Å². The molecule has 0 saturated heterocycles. The molecule has 0 bridgehead atoms. The van der Waals surface area contributed by atoms with E-state index in [-0.39, 0.29) is 17.7 Å². The van der Waals surface area contributed by atoms with Crippen LogP contribution in [0, 0.1) is 0 Å². The molecule has 2 N–H and O–H groups in total. The van der Waals surface area contributed by atoms with E-state index in [1.165, 1.54) is 13.8 Å². The second-order valence-corrected chi connectivity index (χ2v) is 12.2. The zero-order chi connectivity index (χ0) is 31.7. The van der Waals surface area contributed by atoms with Crippen LogP contribution in [-0.2, 0) is 22.4 Å². The standard InChI is InChI=1S/C34H37N5O6/c1-4-7-28-27(20-21-10-12-22(13-11-21)25-8-5-6-9-26(25)30-36-33(42)45-37-30)31(40)38(29-18-19-35-39(28)29)23-14-16-24(17-15-23)44-32(41)34(2,3)43/h5-6,8-13,18-19,23-24,43H,4,7,14-17,20H2,1-3H3,(H,36,37,42). The molecule has 11 heteroatoms. The number of nitrogens with one attached hydrogen (secondary N) is 1. The van der Waals surface area contributed by atoms with Gasteiger partial charge in [-0.2, -0.15) is 5.10 Å². The summed E-state index contributed by atoms with van der Waals surface area (Å²) in [5.74, 6) is -0.878. The Bertz CT molecular complexity index is 1930. The van der Waals surface area contributed by atoms with Gasteiger partial charge < -0.3 is 9.84 Å². The largest absolute Gasteiger partial charge is 0.460 e. The molecule has 3 heterocycles. The minimum atomic E-state index is -1.54. The van der Waals surface area contributed by atoms with Gasteiger partial charge in [-0.3, -0.25) is 18.9 Å². The Labute approximate surface area is 259 Å². The molecule has 234 valence electrons. The highest BCUT2D eigenvalue weighted by molar-refractivity contribution is 5.80. The first-order valence-electron chi connectivity index (χ1n) is 15.4. The van der Waals surface area contributed by atoms with Crippen LogP contribution in [0.2, 0.25) is 0 Å². The monoisotopic (exact) mass is 611 g/mol. The molecule has 0 spiro atoms. The van der Waals surface area contributed by atoms with E-state index in [0.29, 0.717) is 44.3 Å². The topological polar surface area (TPSA) is 145 Å². The molecule has 2 aromatic carbocycles. The number of aromatic amines is 1. The molecule has 0 amide bonds. The Morgan fingerprint density at radius 3 is 2.40 bits per heavy atom. The summed E-state index contributed by atoms with van der Waals surface area (Å²) in [5, 5.41) is 18.5. The third-order valence-corrected chi connectivity index (χ3v) is 8.49. The molecule has 45 heavy (non-hydrogen) atoms. The van der Waals surface area contributed by atoms with Crippen LogP contribution in [0.5, 0.6) is 0 Å². The lowest BCUT2D eigenvalue weighted by atomic mass is 9.92. The predicted molar refractivity (Wildman–Crippen MR) is 168 cm³/mol. The summed E-state index contributed by atoms with van der Waals surface area (Å²) in [6.07, 6.45) is 6.02. The van der Waals surface area contributed by atoms with Crippen molar-refractivity contribution in [3.8, 4) is 22.5 Å². The number of benzene rings is 2. The molecule has 1 saturated carbocycles. The van der Waals surface area contributed by atoms with Crippen LogP contribution in [0.25, 0.3) is 28.2 Å². The molecule has 6 rings (SSSR count). The Balaban J connectivity index is 1.30. The van der Waals surface area contributed by atoms with Gasteiger partial charge in [-0.25, -0.2) is 14.1 Å². The van der Waals surface area contributed by atoms with E-state index in [2.05, 4.69) is 22.2 Å². The third-order valence-electron chi connectivity index (χ3n) is 8.49. The summed E-state index contributed by atoms with van der Waals surface area (Å²) in [4.78, 5) is 40.7. The molecule has 0 radical (unpaired) electrons. The molecule has 1 fully saturated rings. The molecule has 0 unspecified atom stereocenters. The first-order chi connectivity index (χ1) is 21.6. The van der Waals surface area contributed by atoms with Crippen LogP contribution in [0.1, 0.15) is 75.7 Å². The van der Waals surface area contributed by atoms with Crippen LogP contribution in [-0.4, -0.2) is 47.1 Å². The maximum absolute atomic E-state index is 14.3. The van der Waals surface area contributed by atoms with Gasteiger partial charge in [-0.15, -0.1) is 0 Å². The number of fused-ring (bicyclic) bond motifs is 1. The van der Waals surface area contributed by atoms with Gasteiger partial charge in [-0.1, -0.05) is 67.0 Å². The van der Waals surface area contributed by atoms with Gasteiger partial charge in [0.2, 0.25) is 0 Å². The molecule has 3 aromatic heterocycles. The molecule has 0 atom stereocenters. The molecule has 1 aliphatic rings. The Morgan fingerprint density at radius 1 is 1.04 bits per heavy atom. The molecule has 1 aliphatic carbocycles. The number of hydrogen-bond acceptors (Lipinski definition) is 8. The number of aromatic nitrogens is 5. The fourth-order valence-corrected chi connectivity index (χ4v) is 6.22. The van der Waals surface area contributed by atoms with Gasteiger partial charge in [0.15, 0.2) is 11.4 Å². The van der Waals surface area contributed by atoms with Crippen LogP contribution in [0.15, 0.2) is 74.9 Å². The summed E-state index contributed by atoms with van der Waals surface area (Å²) in [6, 6.07) is 17.5. The molecule has 0 aliphatic heterocycles. The first-order valence-corrected chi connectivity index (χ1v) is 15.4. The number of carbonyl (C=O) groups excluding carboxylic acids is 1. The summed E-state index contributed by atoms with van der Waals surface area (Å²) in [5.41, 5.74) is 4.40. The average Bonchev–Trinajstić information content (AvgIpc) is 3.69. The highest BCUT2D eigenvalue weighted by Gasteiger charge is 2.32. The number of esters is 1. The van der Waals surface area contributed by atoms with E-state index in [9.17, 15) is 19.5 Å². The van der Waals surface area contributed by atoms with E-state index in [1.807, 2.05) is 63.7 Å². The van der Waals surface area contributed by atoms with E-state index < -0.39 is 17.3 Å². The average molecular weight is 612 g/mol. The Kier molecular flexibility index (Phi) is 8.28. The van der Waals surface area contributed by atoms with E-state index in [1.54, 1.807) is 6.20 Å². The molecule has 11 nitrogen and oxygen atoms in total. The van der Waals surface area contributed by atoms with Gasteiger partial charge in [0.1, 0.15) is 11.8 Å². The second kappa shape index (κ2) is 12.3. The van der Waals surface area contributed by atoms with E-state index in [0.717, 1.165) is 45.6 Å². The number of aliphatic hydroxyl groups is 1. The van der Waals surface area contributed by atoms with Crippen molar-refractivity contribution in [2.24, 2.45) is 0 Å². The van der Waals surface area contributed by atoms with Gasteiger partial charge in [0.05, 0.1) is 11.9 Å². The lowest BCUT2D eigenvalue weighted by Crippen LogP contribution is -2.38. The Hall–Kier alpha value is -4.77. The lowest BCUT2D eigenvalue weighted by molar-refractivity contribution is -0.169. The Morgan fingerprint density at radius 2 is 1.76 bits per heavy atom. The zero-order valence-electron chi connectivity index (χ0n) is 25.7. The van der Waals surface area contributed by atoms with Crippen molar-refractivity contribution in [2.45, 2.75) is 83.5 Å². The number of nitrogens with zero attached hydrogens (tertiary/aromatic N) is 4. The predicted octanol–water partition coefficient (Wildman–Crippen LogP) is 4.85. The number of rotatable bonds is 9. The maximum Gasteiger partial charge on any atom is 0.439 e. The van der Waals surface area contributed by atoms with Crippen molar-refractivity contribution in [3.63, 3.8) is 0 Å². The minimum Gasteiger partial charge on any atom is -0.460 e. The normalized spacial score (nSPS) is 17.1. The number of H-pyrrole nitrogens is 1. The van der Waals surface area contributed by atoms with Crippen LogP contribution >= 0.6 is 0 Å². The number of aryl methyl sites for hydroxylation is 1. The van der Waals surface area contributed by atoms with E-state index >= 15 is 0 Å². The number of ether oxygens (including phenoxy) is 1. The first kappa shape index (κ1) is 30.3. The fourth-order valence-electron chi connectivity index (χ4n) is 6.22. The van der Waals surface area contributed by atoms with Crippen molar-refractivity contribution in [2.75, 3.05) is 0 Å². The smallest absolute Gasteiger partial charge is 0.439 e. The fraction of sp³-hybridized carbons (Fsp3) is 0.382. The van der Waals surface area contributed by atoms with Gasteiger partial charge >= 0.3 is 11.7 Å². The minimum absolute atomic E-state index is 0.0206. The van der Waals surface area contributed by atoms with Gasteiger partial charge in [-0.05, 0) is 62.6 Å². The van der Waals surface area contributed by atoms with Crippen molar-refractivity contribution in [3.05, 3.63) is 98.5 Å². The molecule has 5 aromatic rings. The maximum atomic E-state index is 14.3. The highest BCUT2D eigenvalue weighted by Crippen LogP contribution is 2.33. The van der Waals surface area contributed by atoms with Gasteiger partial charge in [0, 0.05) is 29.7 Å². The van der Waals surface area contributed by atoms with Crippen LogP contribution < -0.4 is 11.3 Å².